The van der Waals surface area contributed by atoms with Crippen molar-refractivity contribution in [3.63, 3.8) is 0 Å². The summed E-state index contributed by atoms with van der Waals surface area (Å²) in [6.07, 6.45) is 81.4. The Kier molecular flexibility index (Phi) is 70.5. The quantitative estimate of drug-likeness (QED) is 0.0120. The first-order valence-corrected chi connectivity index (χ1v) is 37.0. The van der Waals surface area contributed by atoms with Gasteiger partial charge in [-0.3, -0.25) is 0 Å². The molecule has 482 valence electrons. The van der Waals surface area contributed by atoms with Crippen LogP contribution in [-0.2, 0) is 29.3 Å². The Morgan fingerprint density at radius 1 is 0.325 bits per heavy atom. The Labute approximate surface area is 532 Å². The Bertz CT molecular complexity index is 1570. The van der Waals surface area contributed by atoms with E-state index in [1.54, 1.807) is 0 Å². The first kappa shape index (κ1) is 82.9. The van der Waals surface area contributed by atoms with E-state index in [-0.39, 0.29) is 16.5 Å². The first-order valence-electron chi connectivity index (χ1n) is 37.0. The maximum Gasteiger partial charge on any atom is 2.00 e. The number of allylic oxidation sites excluding steroid dienone is 2. The summed E-state index contributed by atoms with van der Waals surface area (Å²) in [5, 5.41) is 0. The molecule has 0 spiro atoms. The molecule has 2 nitrogen and oxygen atoms in total. The maximum atomic E-state index is 9.16. The SMILES string of the molecule is CCCCCCCCc1ccc(C(=CC(=C=[N+]=[N-])CCCC)c2ccc(CCCC)cc2)cc1.[CH2-]CCCCCCCCCCCCCCCCCCCCCCC.[CH2-]CCCCCCCCCCCCCCCCCCCCCCC.[Ni+2]. The summed E-state index contributed by atoms with van der Waals surface area (Å²) < 4.78 is 0. The summed E-state index contributed by atoms with van der Waals surface area (Å²) in [5.41, 5.74) is 16.4. The van der Waals surface area contributed by atoms with E-state index in [0.717, 1.165) is 56.1 Å². The minimum atomic E-state index is 0. The Morgan fingerprint density at radius 3 is 0.795 bits per heavy atom. The zero-order chi connectivity index (χ0) is 59.5. The van der Waals surface area contributed by atoms with Gasteiger partial charge in [-0.05, 0) is 72.4 Å². The molecule has 0 aliphatic rings. The van der Waals surface area contributed by atoms with E-state index in [1.165, 1.54) is 343 Å². The van der Waals surface area contributed by atoms with Crippen LogP contribution in [0.25, 0.3) is 11.1 Å². The molecule has 2 aromatic carbocycles. The average Bonchev–Trinajstić information content (AvgIpc) is 3.66. The molecular formula is C80H142N2Ni. The standard InChI is InChI=1S/C32H44N2.2C24H49.Ni/c1-4-7-10-11-12-13-16-28-19-23-31(24-20-28)32(25-29(26-34-33)15-9-6-3)30-21-17-27(18-22-30)14-8-5-2;2*1-3-5-7-9-11-13-15-17-19-21-23-24-22-20-18-16-14-12-10-8-6-4-2;/h17-25H,4-16H2,1-3H3;2*1,3-24H2,2H3;/q;2*-1;+2. The molecule has 0 fully saturated rings. The summed E-state index contributed by atoms with van der Waals surface area (Å²) in [4.78, 5) is 3.22. The van der Waals surface area contributed by atoms with E-state index in [4.69, 9.17) is 5.53 Å². The molecule has 0 aromatic heterocycles. The van der Waals surface area contributed by atoms with Gasteiger partial charge in [0.05, 0.1) is 5.57 Å². The fourth-order valence-electron chi connectivity index (χ4n) is 11.5. The van der Waals surface area contributed by atoms with Crippen molar-refractivity contribution < 1.29 is 21.3 Å². The van der Waals surface area contributed by atoms with Gasteiger partial charge < -0.3 is 19.4 Å². The molecular weight excluding hydrogens is 1050 g/mol. The second-order valence-corrected chi connectivity index (χ2v) is 25.3. The molecule has 2 rings (SSSR count). The third-order valence-electron chi connectivity index (χ3n) is 17.2. The van der Waals surface area contributed by atoms with Crippen LogP contribution in [0.2, 0.25) is 0 Å². The molecule has 0 bridgehead atoms. The molecule has 3 heteroatoms. The van der Waals surface area contributed by atoms with Crippen molar-refractivity contribution in [3.8, 4) is 0 Å². The van der Waals surface area contributed by atoms with Crippen molar-refractivity contribution in [2.75, 3.05) is 0 Å². The van der Waals surface area contributed by atoms with Crippen LogP contribution in [0, 0.1) is 13.8 Å². The molecule has 83 heavy (non-hydrogen) atoms. The van der Waals surface area contributed by atoms with Gasteiger partial charge in [-0.25, -0.2) is 0 Å². The van der Waals surface area contributed by atoms with Crippen LogP contribution in [0.15, 0.2) is 60.2 Å². The van der Waals surface area contributed by atoms with Crippen LogP contribution >= 0.6 is 0 Å². The van der Waals surface area contributed by atoms with E-state index in [0.29, 0.717) is 0 Å². The molecule has 0 unspecified atom stereocenters. The van der Waals surface area contributed by atoms with Crippen LogP contribution in [0.5, 0.6) is 0 Å². The minimum Gasteiger partial charge on any atom is -0.348 e. The van der Waals surface area contributed by atoms with Gasteiger partial charge in [-0.2, -0.15) is 12.8 Å². The molecule has 0 amide bonds. The Hall–Kier alpha value is -2.17. The van der Waals surface area contributed by atoms with Crippen LogP contribution < -0.4 is 0 Å². The largest absolute Gasteiger partial charge is 2.00 e. The van der Waals surface area contributed by atoms with Crippen molar-refractivity contribution in [1.82, 2.24) is 0 Å². The van der Waals surface area contributed by atoms with E-state index in [2.05, 4.69) is 114 Å². The van der Waals surface area contributed by atoms with E-state index in [1.807, 2.05) is 0 Å². The van der Waals surface area contributed by atoms with Crippen LogP contribution in [0.4, 0.5) is 0 Å². The molecule has 0 saturated carbocycles. The van der Waals surface area contributed by atoms with Crippen LogP contribution in [-0.4, -0.2) is 10.7 Å². The van der Waals surface area contributed by atoms with Crippen LogP contribution in [0.1, 0.15) is 410 Å². The minimum absolute atomic E-state index is 0. The van der Waals surface area contributed by atoms with Gasteiger partial charge in [0.2, 0.25) is 0 Å². The monoisotopic (exact) mass is 1190 g/mol. The fourth-order valence-corrected chi connectivity index (χ4v) is 11.5. The molecule has 2 aromatic rings. The third-order valence-corrected chi connectivity index (χ3v) is 17.2. The number of nitrogens with zero attached hydrogens (tertiary/aromatic N) is 2. The van der Waals surface area contributed by atoms with Gasteiger partial charge in [0, 0.05) is 0 Å². The van der Waals surface area contributed by atoms with E-state index in [9.17, 15) is 0 Å². The van der Waals surface area contributed by atoms with Gasteiger partial charge in [0.1, 0.15) is 0 Å². The predicted octanol–water partition coefficient (Wildman–Crippen LogP) is 28.2. The number of hydrogen-bond acceptors (Lipinski definition) is 0. The van der Waals surface area contributed by atoms with Gasteiger partial charge in [0.15, 0.2) is 0 Å². The van der Waals surface area contributed by atoms with Gasteiger partial charge in [-0.1, -0.05) is 398 Å². The van der Waals surface area contributed by atoms with Crippen molar-refractivity contribution in [1.29, 1.82) is 0 Å². The fraction of sp³-hybridized carbons (Fsp3) is 0.775. The zero-order valence-corrected chi connectivity index (χ0v) is 57.6. The van der Waals surface area contributed by atoms with Crippen molar-refractivity contribution in [2.45, 2.75) is 401 Å². The molecule has 0 atom stereocenters. The molecule has 0 aliphatic carbocycles. The summed E-state index contributed by atoms with van der Waals surface area (Å²) in [5.74, 6) is 2.81. The molecule has 0 radical (unpaired) electrons. The molecule has 0 N–H and O–H groups in total. The summed E-state index contributed by atoms with van der Waals surface area (Å²) >= 11 is 0. The Morgan fingerprint density at radius 2 is 0.554 bits per heavy atom. The van der Waals surface area contributed by atoms with Gasteiger partial charge in [0.25, 0.3) is 0 Å². The number of unbranched alkanes of at least 4 members (excludes halogenated alkanes) is 49. The first-order chi connectivity index (χ1) is 40.5. The Balaban J connectivity index is 0. The number of hydrogen-bond donors (Lipinski definition) is 0. The normalized spacial score (nSPS) is 11.1. The average molecular weight is 1190 g/mol. The van der Waals surface area contributed by atoms with Crippen LogP contribution in [0.3, 0.4) is 0 Å². The van der Waals surface area contributed by atoms with Gasteiger partial charge >= 0.3 is 22.4 Å². The van der Waals surface area contributed by atoms with E-state index < -0.39 is 0 Å². The van der Waals surface area contributed by atoms with Crippen molar-refractivity contribution in [2.24, 2.45) is 0 Å². The summed E-state index contributed by atoms with van der Waals surface area (Å²) in [6, 6.07) is 18.0. The van der Waals surface area contributed by atoms with Crippen molar-refractivity contribution in [3.05, 3.63) is 102 Å². The molecule has 0 heterocycles. The zero-order valence-electron chi connectivity index (χ0n) is 56.6. The second-order valence-electron chi connectivity index (χ2n) is 25.3. The number of aryl methyl sites for hydroxylation is 2. The molecule has 0 saturated heterocycles. The topological polar surface area (TPSA) is 36.4 Å². The number of benzene rings is 2. The molecule has 0 aliphatic heterocycles. The number of rotatable bonds is 58. The maximum absolute atomic E-state index is 9.16. The van der Waals surface area contributed by atoms with Crippen molar-refractivity contribution >= 4 is 11.4 Å². The second kappa shape index (κ2) is 70.6. The summed E-state index contributed by atoms with van der Waals surface area (Å²) in [6.45, 7) is 19.1. The van der Waals surface area contributed by atoms with E-state index >= 15 is 0 Å². The smallest absolute Gasteiger partial charge is 0.348 e. The summed E-state index contributed by atoms with van der Waals surface area (Å²) in [7, 11) is 0. The van der Waals surface area contributed by atoms with Gasteiger partial charge in [-0.15, -0.1) is 4.79 Å². The predicted molar refractivity (Wildman–Crippen MR) is 373 cm³/mol. The third kappa shape index (κ3) is 58.6.